The molecule has 1 aliphatic heterocycles. The van der Waals surface area contributed by atoms with E-state index in [-0.39, 0.29) is 5.78 Å². The largest absolute Gasteiger partial charge is 0.490 e. The van der Waals surface area contributed by atoms with Gasteiger partial charge in [-0.05, 0) is 66.0 Å². The third-order valence-corrected chi connectivity index (χ3v) is 6.86. The molecule has 2 aromatic rings. The highest BCUT2D eigenvalue weighted by Crippen LogP contribution is 2.38. The minimum Gasteiger partial charge on any atom is -0.490 e. The number of carbonyl (C=O) groups is 1. The molecular weight excluding hydrogens is 488 g/mol. The lowest BCUT2D eigenvalue weighted by atomic mass is 10.1. The van der Waals surface area contributed by atoms with Crippen molar-refractivity contribution in [1.29, 1.82) is 0 Å². The molecule has 110 valence electrons. The second-order valence-electron chi connectivity index (χ2n) is 4.39. The standard InChI is InChI=1S/C14H9Br3O3S/c15-8-5-11-10(19-2-1-3-20-11)4-7(8)13(18)12-6-9(16)14(17)21-12/h4-6H,1-3H2. The van der Waals surface area contributed by atoms with Gasteiger partial charge in [-0.1, -0.05) is 0 Å². The van der Waals surface area contributed by atoms with Crippen LogP contribution in [0.25, 0.3) is 0 Å². The zero-order valence-corrected chi connectivity index (χ0v) is 16.2. The Morgan fingerprint density at radius 2 is 1.67 bits per heavy atom. The van der Waals surface area contributed by atoms with Crippen molar-refractivity contribution >= 4 is 64.9 Å². The average molecular weight is 497 g/mol. The lowest BCUT2D eigenvalue weighted by Gasteiger charge is -2.10. The number of halogens is 3. The molecule has 0 amide bonds. The summed E-state index contributed by atoms with van der Waals surface area (Å²) in [7, 11) is 0. The van der Waals surface area contributed by atoms with Crippen LogP contribution in [0.1, 0.15) is 21.7 Å². The number of benzene rings is 1. The second-order valence-corrected chi connectivity index (χ2v) is 8.47. The van der Waals surface area contributed by atoms with E-state index in [4.69, 9.17) is 9.47 Å². The summed E-state index contributed by atoms with van der Waals surface area (Å²) in [6.45, 7) is 1.22. The molecule has 2 heterocycles. The summed E-state index contributed by atoms with van der Waals surface area (Å²) in [5, 5.41) is 0. The minimum atomic E-state index is -0.0473. The van der Waals surface area contributed by atoms with E-state index in [0.29, 0.717) is 39.6 Å². The maximum Gasteiger partial charge on any atom is 0.204 e. The van der Waals surface area contributed by atoms with Crippen LogP contribution in [-0.4, -0.2) is 19.0 Å². The van der Waals surface area contributed by atoms with Gasteiger partial charge in [0, 0.05) is 20.9 Å². The first-order valence-corrected chi connectivity index (χ1v) is 9.34. The van der Waals surface area contributed by atoms with Gasteiger partial charge in [-0.25, -0.2) is 0 Å². The summed E-state index contributed by atoms with van der Waals surface area (Å²) < 4.78 is 13.7. The van der Waals surface area contributed by atoms with Crippen molar-refractivity contribution in [1.82, 2.24) is 0 Å². The molecule has 0 saturated heterocycles. The van der Waals surface area contributed by atoms with Crippen LogP contribution in [0.4, 0.5) is 0 Å². The van der Waals surface area contributed by atoms with E-state index in [1.54, 1.807) is 12.1 Å². The van der Waals surface area contributed by atoms with Gasteiger partial charge in [0.15, 0.2) is 11.5 Å². The van der Waals surface area contributed by atoms with Crippen LogP contribution in [-0.2, 0) is 0 Å². The molecule has 0 spiro atoms. The van der Waals surface area contributed by atoms with Crippen molar-refractivity contribution < 1.29 is 14.3 Å². The topological polar surface area (TPSA) is 35.5 Å². The van der Waals surface area contributed by atoms with Gasteiger partial charge >= 0.3 is 0 Å². The van der Waals surface area contributed by atoms with Gasteiger partial charge in [0.2, 0.25) is 5.78 Å². The minimum absolute atomic E-state index is 0.0473. The summed E-state index contributed by atoms with van der Waals surface area (Å²) >= 11 is 11.7. The Balaban J connectivity index is 2.02. The predicted molar refractivity (Wildman–Crippen MR) is 92.9 cm³/mol. The zero-order valence-electron chi connectivity index (χ0n) is 10.6. The van der Waals surface area contributed by atoms with Gasteiger partial charge in [0.05, 0.1) is 21.9 Å². The van der Waals surface area contributed by atoms with Crippen LogP contribution >= 0.6 is 59.1 Å². The SMILES string of the molecule is O=C(c1cc(Br)c(Br)s1)c1cc2c(cc1Br)OCCCO2. The lowest BCUT2D eigenvalue weighted by Crippen LogP contribution is -2.02. The molecule has 1 aliphatic rings. The normalized spacial score (nSPS) is 13.9. The first-order chi connectivity index (χ1) is 10.1. The molecule has 3 rings (SSSR count). The van der Waals surface area contributed by atoms with E-state index in [1.807, 2.05) is 6.07 Å². The average Bonchev–Trinajstić information content (AvgIpc) is 2.66. The van der Waals surface area contributed by atoms with Crippen molar-refractivity contribution in [3.8, 4) is 11.5 Å². The fourth-order valence-electron chi connectivity index (χ4n) is 1.95. The first-order valence-electron chi connectivity index (χ1n) is 6.15. The van der Waals surface area contributed by atoms with E-state index >= 15 is 0 Å². The molecule has 3 nitrogen and oxygen atoms in total. The van der Waals surface area contributed by atoms with Crippen molar-refractivity contribution in [3.63, 3.8) is 0 Å². The van der Waals surface area contributed by atoms with Gasteiger partial charge in [0.1, 0.15) is 0 Å². The molecule has 0 saturated carbocycles. The van der Waals surface area contributed by atoms with Gasteiger partial charge in [-0.2, -0.15) is 0 Å². The van der Waals surface area contributed by atoms with E-state index in [2.05, 4.69) is 47.8 Å². The third kappa shape index (κ3) is 3.21. The Labute approximate surface area is 151 Å². The van der Waals surface area contributed by atoms with E-state index in [9.17, 15) is 4.79 Å². The molecule has 0 N–H and O–H groups in total. The molecule has 0 radical (unpaired) electrons. The van der Waals surface area contributed by atoms with E-state index in [0.717, 1.165) is 14.7 Å². The van der Waals surface area contributed by atoms with Crippen LogP contribution < -0.4 is 9.47 Å². The van der Waals surface area contributed by atoms with Crippen molar-refractivity contribution in [2.45, 2.75) is 6.42 Å². The molecule has 1 aromatic carbocycles. The monoisotopic (exact) mass is 494 g/mol. The molecule has 21 heavy (non-hydrogen) atoms. The van der Waals surface area contributed by atoms with E-state index < -0.39 is 0 Å². The van der Waals surface area contributed by atoms with E-state index in [1.165, 1.54) is 11.3 Å². The number of rotatable bonds is 2. The quantitative estimate of drug-likeness (QED) is 0.520. The molecule has 0 aliphatic carbocycles. The molecular formula is C14H9Br3O3S. The summed E-state index contributed by atoms with van der Waals surface area (Å²) in [6, 6.07) is 5.35. The molecule has 0 fully saturated rings. The van der Waals surface area contributed by atoms with Crippen molar-refractivity contribution in [2.24, 2.45) is 0 Å². The van der Waals surface area contributed by atoms with Crippen LogP contribution in [0, 0.1) is 0 Å². The Bertz CT molecular complexity index is 692. The Morgan fingerprint density at radius 1 is 1.00 bits per heavy atom. The van der Waals surface area contributed by atoms with Crippen molar-refractivity contribution in [2.75, 3.05) is 13.2 Å². The van der Waals surface area contributed by atoms with Crippen LogP contribution in [0.5, 0.6) is 11.5 Å². The van der Waals surface area contributed by atoms with Gasteiger partial charge < -0.3 is 9.47 Å². The molecule has 0 atom stereocenters. The van der Waals surface area contributed by atoms with Gasteiger partial charge in [-0.15, -0.1) is 11.3 Å². The summed E-state index contributed by atoms with van der Waals surface area (Å²) in [5.41, 5.74) is 0.570. The lowest BCUT2D eigenvalue weighted by molar-refractivity contribution is 0.104. The predicted octanol–water partition coefficient (Wildman–Crippen LogP) is 5.43. The second kappa shape index (κ2) is 6.40. The first kappa shape index (κ1) is 15.5. The third-order valence-electron chi connectivity index (χ3n) is 2.95. The number of thiophene rings is 1. The van der Waals surface area contributed by atoms with Crippen LogP contribution in [0.3, 0.4) is 0 Å². The zero-order chi connectivity index (χ0) is 15.0. The number of fused-ring (bicyclic) bond motifs is 1. The summed E-state index contributed by atoms with van der Waals surface area (Å²) in [4.78, 5) is 13.3. The molecule has 1 aromatic heterocycles. The highest BCUT2D eigenvalue weighted by atomic mass is 79.9. The highest BCUT2D eigenvalue weighted by Gasteiger charge is 2.21. The van der Waals surface area contributed by atoms with Crippen LogP contribution in [0.2, 0.25) is 0 Å². The maximum absolute atomic E-state index is 12.6. The van der Waals surface area contributed by atoms with Crippen LogP contribution in [0.15, 0.2) is 30.9 Å². The number of hydrogen-bond donors (Lipinski definition) is 0. The van der Waals surface area contributed by atoms with Gasteiger partial charge in [0.25, 0.3) is 0 Å². The summed E-state index contributed by atoms with van der Waals surface area (Å²) in [6.07, 6.45) is 0.834. The smallest absolute Gasteiger partial charge is 0.204 e. The molecule has 0 bridgehead atoms. The Morgan fingerprint density at radius 3 is 2.29 bits per heavy atom. The maximum atomic E-state index is 12.6. The number of carbonyl (C=O) groups excluding carboxylic acids is 1. The number of ether oxygens (including phenoxy) is 2. The fraction of sp³-hybridized carbons (Fsp3) is 0.214. The molecule has 7 heteroatoms. The molecule has 0 unspecified atom stereocenters. The van der Waals surface area contributed by atoms with Gasteiger partial charge in [-0.3, -0.25) is 4.79 Å². The highest BCUT2D eigenvalue weighted by molar-refractivity contribution is 9.13. The number of ketones is 1. The summed E-state index contributed by atoms with van der Waals surface area (Å²) in [5.74, 6) is 1.24. The fourth-order valence-corrected chi connectivity index (χ4v) is 4.44. The Hall–Kier alpha value is -0.370. The van der Waals surface area contributed by atoms with Crippen molar-refractivity contribution in [3.05, 3.63) is 41.4 Å². The number of hydrogen-bond acceptors (Lipinski definition) is 4. The Kier molecular flexibility index (Phi) is 4.73.